The highest BCUT2D eigenvalue weighted by Crippen LogP contribution is 2.43. The molecule has 0 aromatic carbocycles. The number of hydrogen-bond donors (Lipinski definition) is 2. The van der Waals surface area contributed by atoms with E-state index in [1.54, 1.807) is 0 Å². The summed E-state index contributed by atoms with van der Waals surface area (Å²) >= 11 is 0. The van der Waals surface area contributed by atoms with Gasteiger partial charge in [0.15, 0.2) is 0 Å². The van der Waals surface area contributed by atoms with Crippen molar-refractivity contribution in [2.45, 2.75) is 6.92 Å². The maximum absolute atomic E-state index is 10.6. The molecule has 0 aliphatic rings. The Kier molecular flexibility index (Phi) is 4.57. The molecular formula is C4H7O8P. The van der Waals surface area contributed by atoms with Crippen LogP contribution in [0.1, 0.15) is 6.92 Å². The van der Waals surface area contributed by atoms with Crippen LogP contribution in [-0.4, -0.2) is 28.5 Å². The highest BCUT2D eigenvalue weighted by atomic mass is 31.2. The van der Waals surface area contributed by atoms with Gasteiger partial charge in [-0.2, -0.15) is 0 Å². The van der Waals surface area contributed by atoms with Gasteiger partial charge in [-0.1, -0.05) is 4.67 Å². The van der Waals surface area contributed by atoms with Crippen LogP contribution in [0, 0.1) is 0 Å². The molecule has 0 spiro atoms. The van der Waals surface area contributed by atoms with E-state index in [9.17, 15) is 14.2 Å². The molecule has 0 aliphatic heterocycles. The third-order valence-corrected chi connectivity index (χ3v) is 1.29. The van der Waals surface area contributed by atoms with Crippen molar-refractivity contribution in [3.05, 3.63) is 0 Å². The minimum Gasteiger partial charge on any atom is -0.385 e. The molecule has 8 nitrogen and oxygen atoms in total. The summed E-state index contributed by atoms with van der Waals surface area (Å²) in [6.45, 7) is -0.179. The summed E-state index contributed by atoms with van der Waals surface area (Å²) in [5.74, 6) is -2.37. The zero-order chi connectivity index (χ0) is 10.5. The van der Waals surface area contributed by atoms with Crippen molar-refractivity contribution >= 4 is 19.8 Å². The van der Waals surface area contributed by atoms with Gasteiger partial charge in [0.05, 0.1) is 0 Å². The van der Waals surface area contributed by atoms with Gasteiger partial charge in [0.2, 0.25) is 0 Å². The predicted octanol–water partition coefficient (Wildman–Crippen LogP) is -0.883. The second kappa shape index (κ2) is 4.93. The Balaban J connectivity index is 4.01. The summed E-state index contributed by atoms with van der Waals surface area (Å²) in [6.07, 6.45) is 0. The molecule has 0 aromatic heterocycles. The zero-order valence-corrected chi connectivity index (χ0v) is 7.39. The van der Waals surface area contributed by atoms with Crippen molar-refractivity contribution in [3.63, 3.8) is 0 Å². The first kappa shape index (κ1) is 12.0. The summed E-state index contributed by atoms with van der Waals surface area (Å²) in [4.78, 5) is 32.5. The van der Waals surface area contributed by atoms with Crippen LogP contribution < -0.4 is 0 Å². The summed E-state index contributed by atoms with van der Waals surface area (Å²) < 4.78 is 17.8. The van der Waals surface area contributed by atoms with Gasteiger partial charge in [-0.25, -0.2) is 14.2 Å². The molecule has 0 aliphatic carbocycles. The summed E-state index contributed by atoms with van der Waals surface area (Å²) in [6, 6.07) is 0. The SMILES string of the molecule is CC(=O)OOP(=O)(O)OC(=O)CO. The Labute approximate surface area is 72.6 Å². The molecule has 0 heterocycles. The van der Waals surface area contributed by atoms with E-state index < -0.39 is 26.4 Å². The molecule has 0 saturated carbocycles. The van der Waals surface area contributed by atoms with Gasteiger partial charge in [-0.3, -0.25) is 9.78 Å². The zero-order valence-electron chi connectivity index (χ0n) is 6.50. The van der Waals surface area contributed by atoms with E-state index in [4.69, 9.17) is 10.00 Å². The normalized spacial score (nSPS) is 14.4. The molecule has 13 heavy (non-hydrogen) atoms. The van der Waals surface area contributed by atoms with Crippen molar-refractivity contribution in [2.24, 2.45) is 0 Å². The van der Waals surface area contributed by atoms with Crippen molar-refractivity contribution in [1.82, 2.24) is 0 Å². The van der Waals surface area contributed by atoms with E-state index in [1.807, 2.05) is 0 Å². The third-order valence-electron chi connectivity index (χ3n) is 0.595. The van der Waals surface area contributed by atoms with Gasteiger partial charge in [-0.15, -0.1) is 0 Å². The first-order valence-electron chi connectivity index (χ1n) is 2.90. The van der Waals surface area contributed by atoms with Gasteiger partial charge in [-0.05, 0) is 0 Å². The number of phosphoric acid groups is 1. The maximum atomic E-state index is 10.6. The standard InChI is InChI=1S/C4H7O8P/c1-3(6)10-12-13(8,9)11-4(7)2-5/h5H,2H2,1H3,(H,8,9). The number of hydrogen-bond acceptors (Lipinski definition) is 7. The van der Waals surface area contributed by atoms with Gasteiger partial charge < -0.3 is 9.63 Å². The monoisotopic (exact) mass is 214 g/mol. The highest BCUT2D eigenvalue weighted by molar-refractivity contribution is 7.47. The molecule has 0 fully saturated rings. The number of phosphoric ester groups is 1. The van der Waals surface area contributed by atoms with Crippen LogP contribution in [0.2, 0.25) is 0 Å². The van der Waals surface area contributed by atoms with Gasteiger partial charge in [0.1, 0.15) is 6.61 Å². The molecule has 1 unspecified atom stereocenters. The molecule has 2 N–H and O–H groups in total. The Morgan fingerprint density at radius 3 is 2.38 bits per heavy atom. The fourth-order valence-electron chi connectivity index (χ4n) is 0.272. The largest absolute Gasteiger partial charge is 0.566 e. The molecule has 0 amide bonds. The Bertz CT molecular complexity index is 247. The van der Waals surface area contributed by atoms with Crippen LogP contribution in [-0.2, 0) is 28.2 Å². The van der Waals surface area contributed by atoms with Crippen LogP contribution >= 0.6 is 7.82 Å². The van der Waals surface area contributed by atoms with E-state index in [-0.39, 0.29) is 0 Å². The van der Waals surface area contributed by atoms with Crippen molar-refractivity contribution in [3.8, 4) is 0 Å². The first-order valence-corrected chi connectivity index (χ1v) is 4.40. The number of aliphatic hydroxyl groups is 1. The second-order valence-electron chi connectivity index (χ2n) is 1.74. The lowest BCUT2D eigenvalue weighted by atomic mass is 10.8. The van der Waals surface area contributed by atoms with Gasteiger partial charge in [0.25, 0.3) is 0 Å². The van der Waals surface area contributed by atoms with E-state index >= 15 is 0 Å². The lowest BCUT2D eigenvalue weighted by Crippen LogP contribution is -2.09. The Hall–Kier alpha value is -0.950. The molecule has 0 radical (unpaired) electrons. The number of carbonyl (C=O) groups excluding carboxylic acids is 2. The number of carbonyl (C=O) groups is 2. The second-order valence-corrected chi connectivity index (χ2v) is 3.01. The van der Waals surface area contributed by atoms with Crippen molar-refractivity contribution in [2.75, 3.05) is 6.61 Å². The van der Waals surface area contributed by atoms with Crippen LogP contribution in [0.15, 0.2) is 0 Å². The van der Waals surface area contributed by atoms with Crippen LogP contribution in [0.4, 0.5) is 0 Å². The van der Waals surface area contributed by atoms with Gasteiger partial charge in [0, 0.05) is 6.92 Å². The van der Waals surface area contributed by atoms with E-state index in [0.29, 0.717) is 0 Å². The molecule has 0 bridgehead atoms. The fourth-order valence-corrected chi connectivity index (χ4v) is 0.817. The molecular weight excluding hydrogens is 207 g/mol. The molecule has 1 atom stereocenters. The molecule has 0 aromatic rings. The smallest absolute Gasteiger partial charge is 0.385 e. The maximum Gasteiger partial charge on any atom is 0.566 e. The Morgan fingerprint density at radius 1 is 1.46 bits per heavy atom. The quantitative estimate of drug-likeness (QED) is 0.351. The number of rotatable bonds is 4. The molecule has 9 heteroatoms. The van der Waals surface area contributed by atoms with Gasteiger partial charge >= 0.3 is 19.8 Å². The van der Waals surface area contributed by atoms with E-state index in [1.165, 1.54) is 0 Å². The highest BCUT2D eigenvalue weighted by Gasteiger charge is 2.28. The predicted molar refractivity (Wildman–Crippen MR) is 35.9 cm³/mol. The van der Waals surface area contributed by atoms with Crippen LogP contribution in [0.3, 0.4) is 0 Å². The molecule has 0 rings (SSSR count). The molecule has 76 valence electrons. The van der Waals surface area contributed by atoms with Crippen molar-refractivity contribution < 1.29 is 38.2 Å². The van der Waals surface area contributed by atoms with E-state index in [2.05, 4.69) is 14.1 Å². The van der Waals surface area contributed by atoms with Crippen LogP contribution in [0.5, 0.6) is 0 Å². The average Bonchev–Trinajstić information content (AvgIpc) is 2.00. The first-order chi connectivity index (χ1) is 5.87. The topological polar surface area (TPSA) is 119 Å². The van der Waals surface area contributed by atoms with Crippen LogP contribution in [0.25, 0.3) is 0 Å². The minimum absolute atomic E-state index is 0.911. The lowest BCUT2D eigenvalue weighted by Gasteiger charge is -2.07. The third kappa shape index (κ3) is 6.23. The summed E-state index contributed by atoms with van der Waals surface area (Å²) in [5.41, 5.74) is 0. The minimum atomic E-state index is -4.77. The average molecular weight is 214 g/mol. The van der Waals surface area contributed by atoms with Crippen molar-refractivity contribution in [1.29, 1.82) is 0 Å². The summed E-state index contributed by atoms with van der Waals surface area (Å²) in [7, 11) is -4.77. The fraction of sp³-hybridized carbons (Fsp3) is 0.500. The summed E-state index contributed by atoms with van der Waals surface area (Å²) in [5, 5.41) is 8.11. The lowest BCUT2D eigenvalue weighted by molar-refractivity contribution is -0.221. The number of aliphatic hydroxyl groups excluding tert-OH is 1. The Morgan fingerprint density at radius 2 is 2.00 bits per heavy atom. The van der Waals surface area contributed by atoms with E-state index in [0.717, 1.165) is 6.92 Å². The molecule has 0 saturated heterocycles.